The number of amides is 1. The topological polar surface area (TPSA) is 36.4 Å². The van der Waals surface area contributed by atoms with Crippen LogP contribution in [-0.4, -0.2) is 52.9 Å². The minimum atomic E-state index is 0.0867. The van der Waals surface area contributed by atoms with Crippen LogP contribution in [0, 0.1) is 0 Å². The predicted molar refractivity (Wildman–Crippen MR) is 78.6 cm³/mol. The molecule has 1 aromatic heterocycles. The van der Waals surface area contributed by atoms with Gasteiger partial charge in [0.05, 0.1) is 0 Å². The molecule has 3 heterocycles. The lowest BCUT2D eigenvalue weighted by molar-refractivity contribution is 0.00279. The van der Waals surface area contributed by atoms with E-state index < -0.39 is 0 Å². The van der Waals surface area contributed by atoms with Crippen LogP contribution in [0.15, 0.2) is 24.4 Å². The monoisotopic (exact) mass is 273 g/mol. The molecule has 2 aliphatic heterocycles. The van der Waals surface area contributed by atoms with Gasteiger partial charge < -0.3 is 4.90 Å². The van der Waals surface area contributed by atoms with Crippen molar-refractivity contribution >= 4 is 5.91 Å². The molecule has 0 N–H and O–H groups in total. The van der Waals surface area contributed by atoms with Crippen LogP contribution in [0.4, 0.5) is 0 Å². The van der Waals surface area contributed by atoms with Gasteiger partial charge in [-0.15, -0.1) is 0 Å². The Bertz CT molecular complexity index is 472. The Morgan fingerprint density at radius 3 is 2.80 bits per heavy atom. The van der Waals surface area contributed by atoms with Gasteiger partial charge in [-0.05, 0) is 51.4 Å². The average Bonchev–Trinajstić information content (AvgIpc) is 2.51. The fourth-order valence-corrected chi connectivity index (χ4v) is 3.68. The van der Waals surface area contributed by atoms with E-state index in [4.69, 9.17) is 0 Å². The summed E-state index contributed by atoms with van der Waals surface area (Å²) in [5, 5.41) is 0. The Morgan fingerprint density at radius 1 is 1.20 bits per heavy atom. The number of carbonyl (C=O) groups excluding carboxylic acids is 1. The zero-order valence-corrected chi connectivity index (χ0v) is 12.2. The number of rotatable bonds is 1. The number of likely N-dealkylation sites (N-methyl/N-ethyl adjacent to an activating group) is 1. The molecule has 3 rings (SSSR count). The molecule has 1 spiro atoms. The SMILES string of the molecule is CN1CCCC[C@]12CCCN(C(=O)c1ccccn1)C2. The van der Waals surface area contributed by atoms with E-state index in [0.29, 0.717) is 5.69 Å². The maximum atomic E-state index is 12.6. The summed E-state index contributed by atoms with van der Waals surface area (Å²) in [6.45, 7) is 2.88. The van der Waals surface area contributed by atoms with Crippen molar-refractivity contribution in [2.45, 2.75) is 37.6 Å². The largest absolute Gasteiger partial charge is 0.335 e. The predicted octanol–water partition coefficient (Wildman–Crippen LogP) is 2.17. The van der Waals surface area contributed by atoms with Crippen LogP contribution in [-0.2, 0) is 0 Å². The Balaban J connectivity index is 1.76. The number of aromatic nitrogens is 1. The fraction of sp³-hybridized carbons (Fsp3) is 0.625. The van der Waals surface area contributed by atoms with Crippen molar-refractivity contribution in [3.8, 4) is 0 Å². The number of carbonyl (C=O) groups is 1. The van der Waals surface area contributed by atoms with Gasteiger partial charge in [0.15, 0.2) is 0 Å². The molecule has 4 nitrogen and oxygen atoms in total. The van der Waals surface area contributed by atoms with Crippen molar-refractivity contribution in [3.05, 3.63) is 30.1 Å². The molecule has 108 valence electrons. The van der Waals surface area contributed by atoms with Gasteiger partial charge in [-0.1, -0.05) is 12.5 Å². The zero-order valence-electron chi connectivity index (χ0n) is 12.2. The van der Waals surface area contributed by atoms with Gasteiger partial charge in [0.25, 0.3) is 5.91 Å². The van der Waals surface area contributed by atoms with Crippen molar-refractivity contribution < 1.29 is 4.79 Å². The van der Waals surface area contributed by atoms with Gasteiger partial charge >= 0.3 is 0 Å². The van der Waals surface area contributed by atoms with Gasteiger partial charge in [0.2, 0.25) is 0 Å². The van der Waals surface area contributed by atoms with Gasteiger partial charge in [-0.2, -0.15) is 0 Å². The van der Waals surface area contributed by atoms with Crippen molar-refractivity contribution in [2.24, 2.45) is 0 Å². The molecule has 1 atom stereocenters. The van der Waals surface area contributed by atoms with E-state index in [0.717, 1.165) is 26.1 Å². The molecule has 0 radical (unpaired) electrons. The van der Waals surface area contributed by atoms with Crippen LogP contribution in [0.25, 0.3) is 0 Å². The van der Waals surface area contributed by atoms with E-state index in [1.165, 1.54) is 25.7 Å². The summed E-state index contributed by atoms with van der Waals surface area (Å²) in [6.07, 6.45) is 7.80. The molecule has 1 amide bonds. The number of hydrogen-bond acceptors (Lipinski definition) is 3. The normalized spacial score (nSPS) is 27.8. The molecule has 2 aliphatic rings. The Morgan fingerprint density at radius 2 is 2.05 bits per heavy atom. The third-order valence-corrected chi connectivity index (χ3v) is 4.92. The second kappa shape index (κ2) is 5.52. The Kier molecular flexibility index (Phi) is 3.74. The number of pyridine rings is 1. The number of nitrogens with zero attached hydrogens (tertiary/aromatic N) is 3. The summed E-state index contributed by atoms with van der Waals surface area (Å²) in [6, 6.07) is 5.55. The summed E-state index contributed by atoms with van der Waals surface area (Å²) in [5.41, 5.74) is 0.782. The Labute approximate surface area is 120 Å². The molecule has 0 aliphatic carbocycles. The molecular weight excluding hydrogens is 250 g/mol. The number of piperidine rings is 2. The quantitative estimate of drug-likeness (QED) is 0.787. The minimum Gasteiger partial charge on any atom is -0.335 e. The minimum absolute atomic E-state index is 0.0867. The first-order chi connectivity index (χ1) is 9.71. The second-order valence-corrected chi connectivity index (χ2v) is 6.15. The van der Waals surface area contributed by atoms with Crippen molar-refractivity contribution in [1.29, 1.82) is 0 Å². The highest BCUT2D eigenvalue weighted by atomic mass is 16.2. The highest BCUT2D eigenvalue weighted by Crippen LogP contribution is 2.35. The maximum Gasteiger partial charge on any atom is 0.272 e. The molecule has 0 saturated carbocycles. The van der Waals surface area contributed by atoms with E-state index in [9.17, 15) is 4.79 Å². The summed E-state index contributed by atoms with van der Waals surface area (Å²) in [5.74, 6) is 0.0867. The van der Waals surface area contributed by atoms with Crippen molar-refractivity contribution in [3.63, 3.8) is 0 Å². The molecule has 0 bridgehead atoms. The standard InChI is InChI=1S/C16H23N3O/c1-18-11-5-3-8-16(18)9-6-12-19(13-16)15(20)14-7-2-4-10-17-14/h2,4,7,10H,3,5-6,8-9,11-13H2,1H3/t16-/m1/s1. The van der Waals surface area contributed by atoms with Crippen LogP contribution >= 0.6 is 0 Å². The third-order valence-electron chi connectivity index (χ3n) is 4.92. The van der Waals surface area contributed by atoms with E-state index in [2.05, 4.69) is 16.9 Å². The average molecular weight is 273 g/mol. The third kappa shape index (κ3) is 2.44. The lowest BCUT2D eigenvalue weighted by Crippen LogP contribution is -2.60. The van der Waals surface area contributed by atoms with E-state index in [1.807, 2.05) is 23.1 Å². The Hall–Kier alpha value is -1.42. The lowest BCUT2D eigenvalue weighted by Gasteiger charge is -2.50. The molecule has 0 aromatic carbocycles. The smallest absolute Gasteiger partial charge is 0.272 e. The van der Waals surface area contributed by atoms with Crippen LogP contribution < -0.4 is 0 Å². The summed E-state index contributed by atoms with van der Waals surface area (Å²) < 4.78 is 0. The van der Waals surface area contributed by atoms with Crippen LogP contribution in [0.5, 0.6) is 0 Å². The first-order valence-corrected chi connectivity index (χ1v) is 7.63. The second-order valence-electron chi connectivity index (χ2n) is 6.15. The van der Waals surface area contributed by atoms with Gasteiger partial charge in [0.1, 0.15) is 5.69 Å². The molecule has 4 heteroatoms. The van der Waals surface area contributed by atoms with E-state index in [1.54, 1.807) is 6.20 Å². The first kappa shape index (κ1) is 13.6. The van der Waals surface area contributed by atoms with Crippen LogP contribution in [0.3, 0.4) is 0 Å². The molecular formula is C16H23N3O. The molecule has 20 heavy (non-hydrogen) atoms. The molecule has 2 fully saturated rings. The summed E-state index contributed by atoms with van der Waals surface area (Å²) in [4.78, 5) is 21.3. The van der Waals surface area contributed by atoms with Crippen LogP contribution in [0.1, 0.15) is 42.6 Å². The van der Waals surface area contributed by atoms with Crippen molar-refractivity contribution in [1.82, 2.24) is 14.8 Å². The summed E-state index contributed by atoms with van der Waals surface area (Å²) in [7, 11) is 2.22. The fourth-order valence-electron chi connectivity index (χ4n) is 3.68. The highest BCUT2D eigenvalue weighted by molar-refractivity contribution is 5.92. The van der Waals surface area contributed by atoms with Gasteiger partial charge in [-0.3, -0.25) is 14.7 Å². The number of hydrogen-bond donors (Lipinski definition) is 0. The lowest BCUT2D eigenvalue weighted by atomic mass is 9.80. The van der Waals surface area contributed by atoms with Crippen molar-refractivity contribution in [2.75, 3.05) is 26.7 Å². The number of likely N-dealkylation sites (tertiary alicyclic amines) is 2. The maximum absolute atomic E-state index is 12.6. The molecule has 1 aromatic rings. The zero-order chi connectivity index (χ0) is 14.0. The first-order valence-electron chi connectivity index (χ1n) is 7.63. The van der Waals surface area contributed by atoms with E-state index >= 15 is 0 Å². The van der Waals surface area contributed by atoms with E-state index in [-0.39, 0.29) is 11.4 Å². The van der Waals surface area contributed by atoms with Gasteiger partial charge in [0, 0.05) is 24.8 Å². The summed E-state index contributed by atoms with van der Waals surface area (Å²) >= 11 is 0. The van der Waals surface area contributed by atoms with Crippen LogP contribution in [0.2, 0.25) is 0 Å². The molecule has 2 saturated heterocycles. The van der Waals surface area contributed by atoms with Gasteiger partial charge in [-0.25, -0.2) is 0 Å². The highest BCUT2D eigenvalue weighted by Gasteiger charge is 2.41. The molecule has 0 unspecified atom stereocenters.